The maximum atomic E-state index is 13.5. The normalized spacial score (nSPS) is 15.9. The van der Waals surface area contributed by atoms with Gasteiger partial charge in [0, 0.05) is 37.6 Å². The van der Waals surface area contributed by atoms with Gasteiger partial charge in [0.25, 0.3) is 5.91 Å². The molecule has 1 atom stereocenters. The van der Waals surface area contributed by atoms with Gasteiger partial charge in [-0.15, -0.1) is 0 Å². The zero-order valence-corrected chi connectivity index (χ0v) is 19.3. The van der Waals surface area contributed by atoms with E-state index in [0.29, 0.717) is 34.6 Å². The molecule has 2 heterocycles. The first-order chi connectivity index (χ1) is 16.3. The number of rotatable bonds is 8. The van der Waals surface area contributed by atoms with Crippen molar-refractivity contribution in [2.45, 2.75) is 19.4 Å². The standard InChI is InChI=1S/C25H22ClNO7/c1-14(28)33-18-6-3-5-15(12-18)22-21(24(30)25(31)27(22)9-4-10-32-2)23(29)20-13-16-11-17(26)7-8-19(16)34-20/h3,5-8,11-13,22,30H,4,9-10H2,1-2H3. The minimum Gasteiger partial charge on any atom is -0.503 e. The number of furan rings is 1. The highest BCUT2D eigenvalue weighted by atomic mass is 35.5. The highest BCUT2D eigenvalue weighted by Gasteiger charge is 2.44. The fourth-order valence-corrected chi connectivity index (χ4v) is 4.20. The van der Waals surface area contributed by atoms with E-state index in [2.05, 4.69) is 0 Å². The Morgan fingerprint density at radius 2 is 1.97 bits per heavy atom. The van der Waals surface area contributed by atoms with Crippen LogP contribution in [0.25, 0.3) is 11.0 Å². The Labute approximate surface area is 200 Å². The monoisotopic (exact) mass is 483 g/mol. The number of aliphatic hydroxyl groups is 1. The van der Waals surface area contributed by atoms with E-state index in [9.17, 15) is 19.5 Å². The number of benzene rings is 2. The molecule has 4 rings (SSSR count). The third-order valence-electron chi connectivity index (χ3n) is 5.43. The number of methoxy groups -OCH3 is 1. The van der Waals surface area contributed by atoms with Gasteiger partial charge in [0.2, 0.25) is 5.78 Å². The number of aliphatic hydroxyl groups excluding tert-OH is 1. The summed E-state index contributed by atoms with van der Waals surface area (Å²) in [5, 5.41) is 11.9. The molecule has 1 aliphatic heterocycles. The molecule has 0 bridgehead atoms. The molecule has 1 amide bonds. The van der Waals surface area contributed by atoms with Crippen LogP contribution in [0.4, 0.5) is 0 Å². The molecule has 0 aliphatic carbocycles. The topological polar surface area (TPSA) is 106 Å². The second-order valence-corrected chi connectivity index (χ2v) is 8.23. The van der Waals surface area contributed by atoms with Crippen LogP contribution in [-0.4, -0.2) is 47.9 Å². The summed E-state index contributed by atoms with van der Waals surface area (Å²) in [6.07, 6.45) is 0.486. The lowest BCUT2D eigenvalue weighted by molar-refractivity contribution is -0.132. The first kappa shape index (κ1) is 23.5. The van der Waals surface area contributed by atoms with E-state index in [1.807, 2.05) is 0 Å². The van der Waals surface area contributed by atoms with E-state index in [1.165, 1.54) is 17.9 Å². The molecule has 0 fully saturated rings. The van der Waals surface area contributed by atoms with Crippen molar-refractivity contribution >= 4 is 40.2 Å². The van der Waals surface area contributed by atoms with Crippen LogP contribution in [0, 0.1) is 0 Å². The highest BCUT2D eigenvalue weighted by Crippen LogP contribution is 2.40. The first-order valence-corrected chi connectivity index (χ1v) is 10.9. The summed E-state index contributed by atoms with van der Waals surface area (Å²) >= 11 is 6.04. The number of halogens is 1. The van der Waals surface area contributed by atoms with Crippen LogP contribution in [0.3, 0.4) is 0 Å². The van der Waals surface area contributed by atoms with Crippen molar-refractivity contribution in [3.63, 3.8) is 0 Å². The number of nitrogens with zero attached hydrogens (tertiary/aromatic N) is 1. The van der Waals surface area contributed by atoms with Crippen LogP contribution >= 0.6 is 11.6 Å². The molecule has 0 spiro atoms. The molecule has 1 N–H and O–H groups in total. The zero-order chi connectivity index (χ0) is 24.4. The maximum absolute atomic E-state index is 13.5. The van der Waals surface area contributed by atoms with Crippen molar-refractivity contribution in [1.29, 1.82) is 0 Å². The van der Waals surface area contributed by atoms with Crippen LogP contribution < -0.4 is 4.74 Å². The maximum Gasteiger partial charge on any atom is 0.308 e. The molecule has 1 aliphatic rings. The fourth-order valence-electron chi connectivity index (χ4n) is 4.01. The second kappa shape index (κ2) is 9.70. The van der Waals surface area contributed by atoms with Crippen molar-refractivity contribution in [3.8, 4) is 5.75 Å². The Morgan fingerprint density at radius 3 is 2.71 bits per heavy atom. The zero-order valence-electron chi connectivity index (χ0n) is 18.5. The molecule has 3 aromatic rings. The predicted octanol–water partition coefficient (Wildman–Crippen LogP) is 4.63. The number of hydrogen-bond donors (Lipinski definition) is 1. The number of amides is 1. The quantitative estimate of drug-likeness (QED) is 0.215. The van der Waals surface area contributed by atoms with Crippen LogP contribution in [0.1, 0.15) is 35.5 Å². The number of ketones is 1. The summed E-state index contributed by atoms with van der Waals surface area (Å²) in [6.45, 7) is 1.89. The molecular formula is C25H22ClNO7. The molecule has 0 radical (unpaired) electrons. The molecular weight excluding hydrogens is 462 g/mol. The summed E-state index contributed by atoms with van der Waals surface area (Å²) in [5.41, 5.74) is 0.825. The van der Waals surface area contributed by atoms with E-state index in [4.69, 9.17) is 25.5 Å². The lowest BCUT2D eigenvalue weighted by Gasteiger charge is -2.26. The first-order valence-electron chi connectivity index (χ1n) is 10.6. The fraction of sp³-hybridized carbons (Fsp3) is 0.240. The van der Waals surface area contributed by atoms with Crippen molar-refractivity contribution < 1.29 is 33.4 Å². The minimum atomic E-state index is -0.913. The Bertz CT molecular complexity index is 1310. The van der Waals surface area contributed by atoms with Gasteiger partial charge in [-0.25, -0.2) is 0 Å². The molecule has 34 heavy (non-hydrogen) atoms. The minimum absolute atomic E-state index is 0.0356. The Hall–Kier alpha value is -3.62. The van der Waals surface area contributed by atoms with Gasteiger partial charge in [0.1, 0.15) is 11.3 Å². The van der Waals surface area contributed by atoms with Crippen molar-refractivity contribution in [3.05, 3.63) is 76.2 Å². The largest absolute Gasteiger partial charge is 0.503 e. The van der Waals surface area contributed by atoms with Crippen LogP contribution in [0.5, 0.6) is 5.75 Å². The predicted molar refractivity (Wildman–Crippen MR) is 124 cm³/mol. The summed E-state index contributed by atoms with van der Waals surface area (Å²) < 4.78 is 16.0. The molecule has 1 unspecified atom stereocenters. The van der Waals surface area contributed by atoms with Gasteiger partial charge in [0.15, 0.2) is 11.5 Å². The van der Waals surface area contributed by atoms with Gasteiger partial charge in [0.05, 0.1) is 11.6 Å². The number of carbonyl (C=O) groups is 3. The summed E-state index contributed by atoms with van der Waals surface area (Å²) in [6, 6.07) is 12.0. The molecule has 0 saturated carbocycles. The molecule has 176 valence electrons. The summed E-state index contributed by atoms with van der Waals surface area (Å²) in [7, 11) is 1.55. The van der Waals surface area contributed by atoms with Gasteiger partial charge in [-0.1, -0.05) is 23.7 Å². The summed E-state index contributed by atoms with van der Waals surface area (Å²) in [5.74, 6) is -2.25. The van der Waals surface area contributed by atoms with Gasteiger partial charge in [-0.3, -0.25) is 14.4 Å². The Kier molecular flexibility index (Phi) is 6.72. The van der Waals surface area contributed by atoms with Crippen LogP contribution in [0.2, 0.25) is 5.02 Å². The molecule has 8 nitrogen and oxygen atoms in total. The number of fused-ring (bicyclic) bond motifs is 1. The lowest BCUT2D eigenvalue weighted by Crippen LogP contribution is -2.32. The van der Waals surface area contributed by atoms with Gasteiger partial charge >= 0.3 is 5.97 Å². The molecule has 2 aromatic carbocycles. The van der Waals surface area contributed by atoms with Crippen molar-refractivity contribution in [1.82, 2.24) is 4.90 Å². The number of esters is 1. The van der Waals surface area contributed by atoms with Crippen molar-refractivity contribution in [2.24, 2.45) is 0 Å². The number of ether oxygens (including phenoxy) is 2. The third-order valence-corrected chi connectivity index (χ3v) is 5.67. The summed E-state index contributed by atoms with van der Waals surface area (Å²) in [4.78, 5) is 39.4. The molecule has 9 heteroatoms. The van der Waals surface area contributed by atoms with E-state index in [-0.39, 0.29) is 23.6 Å². The van der Waals surface area contributed by atoms with E-state index in [0.717, 1.165) is 0 Å². The molecule has 0 saturated heterocycles. The molecule has 1 aromatic heterocycles. The van der Waals surface area contributed by atoms with Crippen LogP contribution in [-0.2, 0) is 14.3 Å². The number of Topliss-reactive ketones (excluding diaryl/α,β-unsaturated/α-hetero) is 1. The van der Waals surface area contributed by atoms with Gasteiger partial charge in [-0.2, -0.15) is 0 Å². The Morgan fingerprint density at radius 1 is 1.18 bits per heavy atom. The van der Waals surface area contributed by atoms with Crippen molar-refractivity contribution in [2.75, 3.05) is 20.3 Å². The smallest absolute Gasteiger partial charge is 0.308 e. The van der Waals surface area contributed by atoms with E-state index in [1.54, 1.807) is 49.6 Å². The van der Waals surface area contributed by atoms with E-state index < -0.39 is 29.5 Å². The number of hydrogen-bond acceptors (Lipinski definition) is 7. The average molecular weight is 484 g/mol. The third kappa shape index (κ3) is 4.55. The average Bonchev–Trinajstić information content (AvgIpc) is 3.32. The van der Waals surface area contributed by atoms with Crippen LogP contribution in [0.15, 0.2) is 64.3 Å². The van der Waals surface area contributed by atoms with E-state index >= 15 is 0 Å². The highest BCUT2D eigenvalue weighted by molar-refractivity contribution is 6.31. The SMILES string of the molecule is COCCCN1C(=O)C(O)=C(C(=O)c2cc3cc(Cl)ccc3o2)C1c1cccc(OC(C)=O)c1. The Balaban J connectivity index is 1.78. The van der Waals surface area contributed by atoms with Gasteiger partial charge in [-0.05, 0) is 48.4 Å². The van der Waals surface area contributed by atoms with Gasteiger partial charge < -0.3 is 23.9 Å². The lowest BCUT2D eigenvalue weighted by atomic mass is 9.94. The second-order valence-electron chi connectivity index (χ2n) is 7.80. The number of carbonyl (C=O) groups excluding carboxylic acids is 3.